The Morgan fingerprint density at radius 2 is 2.00 bits per heavy atom. The maximum absolute atomic E-state index is 11.3. The van der Waals surface area contributed by atoms with E-state index in [1.54, 1.807) is 11.3 Å². The summed E-state index contributed by atoms with van der Waals surface area (Å²) in [7, 11) is 2.12. The Balaban J connectivity index is 1.83. The maximum Gasteiger partial charge on any atom is 0.312 e. The molecule has 1 saturated carbocycles. The smallest absolute Gasteiger partial charge is 0.312 e. The van der Waals surface area contributed by atoms with Gasteiger partial charge in [0.05, 0.1) is 5.69 Å². The first-order valence-electron chi connectivity index (χ1n) is 7.62. The predicted molar refractivity (Wildman–Crippen MR) is 80.7 cm³/mol. The van der Waals surface area contributed by atoms with Gasteiger partial charge in [-0.2, -0.15) is 0 Å². The standard InChI is InChI=1S/C15H22N2O2S/c1-17(10-6-3-2-4-7-10)15-16-13-11(14(18)19)8-5-9-12(13)20-15/h10-11H,2-9H2,1H3,(H,18,19). The summed E-state index contributed by atoms with van der Waals surface area (Å²) in [4.78, 5) is 19.5. The van der Waals surface area contributed by atoms with Gasteiger partial charge in [-0.3, -0.25) is 4.79 Å². The van der Waals surface area contributed by atoms with E-state index in [4.69, 9.17) is 4.98 Å². The number of carboxylic acids is 1. The summed E-state index contributed by atoms with van der Waals surface area (Å²) in [5.41, 5.74) is 0.839. The van der Waals surface area contributed by atoms with Gasteiger partial charge < -0.3 is 10.0 Å². The van der Waals surface area contributed by atoms with Crippen molar-refractivity contribution in [3.63, 3.8) is 0 Å². The first-order chi connectivity index (χ1) is 9.66. The highest BCUT2D eigenvalue weighted by atomic mass is 32.1. The number of anilines is 1. The minimum atomic E-state index is -0.719. The molecule has 4 nitrogen and oxygen atoms in total. The van der Waals surface area contributed by atoms with Gasteiger partial charge in [0.2, 0.25) is 0 Å². The summed E-state index contributed by atoms with van der Waals surface area (Å²) in [5, 5.41) is 10.4. The molecule has 1 atom stereocenters. The van der Waals surface area contributed by atoms with Crippen molar-refractivity contribution in [2.75, 3.05) is 11.9 Å². The Labute approximate surface area is 123 Å². The van der Waals surface area contributed by atoms with Crippen molar-refractivity contribution in [3.05, 3.63) is 10.6 Å². The lowest BCUT2D eigenvalue weighted by atomic mass is 9.91. The molecule has 1 N–H and O–H groups in total. The molecule has 1 aromatic rings. The molecule has 5 heteroatoms. The Morgan fingerprint density at radius 3 is 2.70 bits per heavy atom. The fourth-order valence-corrected chi connectivity index (χ4v) is 4.62. The Hall–Kier alpha value is -1.10. The molecule has 1 heterocycles. The minimum Gasteiger partial charge on any atom is -0.481 e. The molecule has 0 saturated heterocycles. The molecule has 0 radical (unpaired) electrons. The number of hydrogen-bond donors (Lipinski definition) is 1. The second kappa shape index (κ2) is 5.72. The van der Waals surface area contributed by atoms with Gasteiger partial charge >= 0.3 is 5.97 Å². The second-order valence-corrected chi connectivity index (χ2v) is 7.05. The zero-order chi connectivity index (χ0) is 14.1. The molecule has 0 spiro atoms. The summed E-state index contributed by atoms with van der Waals surface area (Å²) in [6.45, 7) is 0. The van der Waals surface area contributed by atoms with Crippen LogP contribution >= 0.6 is 11.3 Å². The third-order valence-electron chi connectivity index (χ3n) is 4.67. The Morgan fingerprint density at radius 1 is 1.25 bits per heavy atom. The fraction of sp³-hybridized carbons (Fsp3) is 0.733. The van der Waals surface area contributed by atoms with E-state index in [2.05, 4.69) is 11.9 Å². The van der Waals surface area contributed by atoms with Crippen molar-refractivity contribution in [3.8, 4) is 0 Å². The molecule has 1 unspecified atom stereocenters. The summed E-state index contributed by atoms with van der Waals surface area (Å²) in [6, 6.07) is 0.583. The summed E-state index contributed by atoms with van der Waals surface area (Å²) in [5.74, 6) is -1.10. The summed E-state index contributed by atoms with van der Waals surface area (Å²) >= 11 is 1.71. The quantitative estimate of drug-likeness (QED) is 0.928. The molecule has 0 aromatic carbocycles. The molecule has 0 bridgehead atoms. The molecule has 3 rings (SSSR count). The second-order valence-electron chi connectivity index (χ2n) is 5.99. The van der Waals surface area contributed by atoms with Gasteiger partial charge in [0, 0.05) is 18.0 Å². The molecule has 110 valence electrons. The average molecular weight is 294 g/mol. The van der Waals surface area contributed by atoms with Gasteiger partial charge in [-0.1, -0.05) is 19.3 Å². The van der Waals surface area contributed by atoms with Crippen LogP contribution < -0.4 is 4.90 Å². The van der Waals surface area contributed by atoms with Crippen LogP contribution in [0.4, 0.5) is 5.13 Å². The van der Waals surface area contributed by atoms with Crippen LogP contribution in [-0.4, -0.2) is 29.1 Å². The number of rotatable bonds is 3. The predicted octanol–water partition coefficient (Wildman–Crippen LogP) is 3.42. The van der Waals surface area contributed by atoms with Crippen molar-refractivity contribution < 1.29 is 9.90 Å². The maximum atomic E-state index is 11.3. The number of thiazole rings is 1. The average Bonchev–Trinajstić information content (AvgIpc) is 2.90. The van der Waals surface area contributed by atoms with E-state index in [9.17, 15) is 9.90 Å². The Kier molecular flexibility index (Phi) is 3.96. The summed E-state index contributed by atoms with van der Waals surface area (Å²) in [6.07, 6.45) is 9.13. The van der Waals surface area contributed by atoms with Crippen molar-refractivity contribution in [1.82, 2.24) is 4.98 Å². The molecule has 2 aliphatic rings. The highest BCUT2D eigenvalue weighted by Crippen LogP contribution is 2.39. The third kappa shape index (κ3) is 2.55. The molecule has 0 aliphatic heterocycles. The first kappa shape index (κ1) is 13.9. The zero-order valence-electron chi connectivity index (χ0n) is 12.0. The van der Waals surface area contributed by atoms with Crippen LogP contribution in [0.5, 0.6) is 0 Å². The number of aryl methyl sites for hydroxylation is 1. The number of carbonyl (C=O) groups is 1. The van der Waals surface area contributed by atoms with E-state index >= 15 is 0 Å². The Bertz CT molecular complexity index is 494. The van der Waals surface area contributed by atoms with Crippen LogP contribution in [0, 0.1) is 0 Å². The van der Waals surface area contributed by atoms with Gasteiger partial charge in [0.15, 0.2) is 5.13 Å². The van der Waals surface area contributed by atoms with E-state index in [1.807, 2.05) is 0 Å². The van der Waals surface area contributed by atoms with Crippen LogP contribution in [0.3, 0.4) is 0 Å². The van der Waals surface area contributed by atoms with Gasteiger partial charge in [-0.25, -0.2) is 4.98 Å². The number of fused-ring (bicyclic) bond motifs is 1. The van der Waals surface area contributed by atoms with Gasteiger partial charge in [-0.15, -0.1) is 11.3 Å². The minimum absolute atomic E-state index is 0.386. The third-order valence-corrected chi connectivity index (χ3v) is 5.89. The first-order valence-corrected chi connectivity index (χ1v) is 8.43. The van der Waals surface area contributed by atoms with Crippen LogP contribution in [-0.2, 0) is 11.2 Å². The lowest BCUT2D eigenvalue weighted by Gasteiger charge is -2.30. The molecule has 1 fully saturated rings. The topological polar surface area (TPSA) is 53.4 Å². The summed E-state index contributed by atoms with van der Waals surface area (Å²) < 4.78 is 0. The van der Waals surface area contributed by atoms with E-state index in [0.29, 0.717) is 6.04 Å². The molecule has 2 aliphatic carbocycles. The van der Waals surface area contributed by atoms with Crippen molar-refractivity contribution >= 4 is 22.4 Å². The van der Waals surface area contributed by atoms with E-state index in [0.717, 1.165) is 30.1 Å². The van der Waals surface area contributed by atoms with Gasteiger partial charge in [0.25, 0.3) is 0 Å². The molecule has 20 heavy (non-hydrogen) atoms. The van der Waals surface area contributed by atoms with Crippen LogP contribution in [0.25, 0.3) is 0 Å². The van der Waals surface area contributed by atoms with Gasteiger partial charge in [0.1, 0.15) is 5.92 Å². The number of hydrogen-bond acceptors (Lipinski definition) is 4. The van der Waals surface area contributed by atoms with Crippen LogP contribution in [0.1, 0.15) is 61.4 Å². The normalized spacial score (nSPS) is 23.4. The molecular formula is C15H22N2O2S. The fourth-order valence-electron chi connectivity index (χ4n) is 3.42. The molecule has 0 amide bonds. The lowest BCUT2D eigenvalue weighted by Crippen LogP contribution is -2.33. The highest BCUT2D eigenvalue weighted by Gasteiger charge is 2.31. The molecular weight excluding hydrogens is 272 g/mol. The zero-order valence-corrected chi connectivity index (χ0v) is 12.8. The van der Waals surface area contributed by atoms with Gasteiger partial charge in [-0.05, 0) is 32.1 Å². The van der Waals surface area contributed by atoms with Crippen molar-refractivity contribution in [2.45, 2.75) is 63.3 Å². The largest absolute Gasteiger partial charge is 0.481 e. The number of aliphatic carboxylic acids is 1. The van der Waals surface area contributed by atoms with Crippen LogP contribution in [0.15, 0.2) is 0 Å². The lowest BCUT2D eigenvalue weighted by molar-refractivity contribution is -0.139. The van der Waals surface area contributed by atoms with Crippen molar-refractivity contribution in [2.24, 2.45) is 0 Å². The van der Waals surface area contributed by atoms with Crippen molar-refractivity contribution in [1.29, 1.82) is 0 Å². The van der Waals surface area contributed by atoms with E-state index in [1.165, 1.54) is 37.0 Å². The number of aromatic nitrogens is 1. The van der Waals surface area contributed by atoms with E-state index in [-0.39, 0.29) is 5.92 Å². The SMILES string of the molecule is CN(c1nc2c(s1)CCCC2C(=O)O)C1CCCCC1. The monoisotopic (exact) mass is 294 g/mol. The number of nitrogens with zero attached hydrogens (tertiary/aromatic N) is 2. The molecule has 1 aromatic heterocycles. The highest BCUT2D eigenvalue weighted by molar-refractivity contribution is 7.15. The van der Waals surface area contributed by atoms with E-state index < -0.39 is 5.97 Å². The number of carboxylic acid groups (broad SMARTS) is 1. The van der Waals surface area contributed by atoms with Crippen LogP contribution in [0.2, 0.25) is 0 Å².